The van der Waals surface area contributed by atoms with Crippen molar-refractivity contribution >= 4 is 44.8 Å². The Morgan fingerprint density at radius 1 is 0.519 bits per heavy atom. The zero-order valence-corrected chi connectivity index (χ0v) is 30.4. The SMILES string of the molecule is C1=Cc2c(c3cc4ccccc4cc3n2-c2ccccc2-c2ccc(N(c3ccc(C4CC=CCC4)cc3)c3cccc(-c4ccccc4)c3)cc2)CC1. The van der Waals surface area contributed by atoms with Crippen molar-refractivity contribution in [1.29, 1.82) is 0 Å². The highest BCUT2D eigenvalue weighted by atomic mass is 15.1. The van der Waals surface area contributed by atoms with Gasteiger partial charge in [0, 0.05) is 33.7 Å². The first-order valence-corrected chi connectivity index (χ1v) is 19.4. The van der Waals surface area contributed by atoms with Gasteiger partial charge < -0.3 is 9.47 Å². The fourth-order valence-electron chi connectivity index (χ4n) is 8.77. The number of rotatable bonds is 7. The lowest BCUT2D eigenvalue weighted by molar-refractivity contribution is 0.617. The quantitative estimate of drug-likeness (QED) is 0.151. The van der Waals surface area contributed by atoms with E-state index >= 15 is 0 Å². The Labute approximate surface area is 318 Å². The summed E-state index contributed by atoms with van der Waals surface area (Å²) in [6.45, 7) is 0. The van der Waals surface area contributed by atoms with Gasteiger partial charge in [0.05, 0.1) is 11.2 Å². The molecule has 0 saturated carbocycles. The van der Waals surface area contributed by atoms with Crippen LogP contribution in [0.3, 0.4) is 0 Å². The molecule has 2 heteroatoms. The summed E-state index contributed by atoms with van der Waals surface area (Å²) < 4.78 is 2.50. The fourth-order valence-corrected chi connectivity index (χ4v) is 8.77. The van der Waals surface area contributed by atoms with E-state index in [1.807, 2.05) is 0 Å². The maximum atomic E-state index is 2.50. The van der Waals surface area contributed by atoms with Crippen molar-refractivity contribution in [3.05, 3.63) is 199 Å². The van der Waals surface area contributed by atoms with Crippen LogP contribution < -0.4 is 4.90 Å². The number of hydrogen-bond acceptors (Lipinski definition) is 1. The highest BCUT2D eigenvalue weighted by molar-refractivity contribution is 6.02. The van der Waals surface area contributed by atoms with E-state index in [0.717, 1.165) is 42.7 Å². The molecule has 0 amide bonds. The monoisotopic (exact) mass is 694 g/mol. The number of aromatic nitrogens is 1. The highest BCUT2D eigenvalue weighted by Gasteiger charge is 2.22. The molecule has 2 nitrogen and oxygen atoms in total. The first kappa shape index (κ1) is 32.3. The minimum atomic E-state index is 0.593. The third-order valence-corrected chi connectivity index (χ3v) is 11.5. The van der Waals surface area contributed by atoms with Crippen molar-refractivity contribution < 1.29 is 0 Å². The van der Waals surface area contributed by atoms with Gasteiger partial charge in [0.1, 0.15) is 0 Å². The summed E-state index contributed by atoms with van der Waals surface area (Å²) in [5.74, 6) is 0.593. The van der Waals surface area contributed by atoms with Gasteiger partial charge in [-0.25, -0.2) is 0 Å². The Morgan fingerprint density at radius 2 is 1.24 bits per heavy atom. The summed E-state index contributed by atoms with van der Waals surface area (Å²) in [4.78, 5) is 2.40. The van der Waals surface area contributed by atoms with E-state index < -0.39 is 0 Å². The Kier molecular flexibility index (Phi) is 8.30. The lowest BCUT2D eigenvalue weighted by atomic mass is 9.88. The smallest absolute Gasteiger partial charge is 0.0544 e. The van der Waals surface area contributed by atoms with Crippen LogP contribution in [-0.2, 0) is 6.42 Å². The molecular weight excluding hydrogens is 653 g/mol. The number of anilines is 3. The summed E-state index contributed by atoms with van der Waals surface area (Å²) in [5, 5.41) is 3.92. The van der Waals surface area contributed by atoms with Gasteiger partial charge in [0.15, 0.2) is 0 Å². The topological polar surface area (TPSA) is 8.17 Å². The van der Waals surface area contributed by atoms with Crippen LogP contribution >= 0.6 is 0 Å². The fraction of sp³-hybridized carbons (Fsp3) is 0.115. The molecule has 2 aliphatic carbocycles. The van der Waals surface area contributed by atoms with Crippen molar-refractivity contribution in [3.63, 3.8) is 0 Å². The number of hydrogen-bond donors (Lipinski definition) is 0. The van der Waals surface area contributed by atoms with Crippen LogP contribution in [0, 0.1) is 0 Å². The highest BCUT2D eigenvalue weighted by Crippen LogP contribution is 2.42. The average molecular weight is 695 g/mol. The van der Waals surface area contributed by atoms with Crippen molar-refractivity contribution in [3.8, 4) is 27.9 Å². The van der Waals surface area contributed by atoms with E-state index in [2.05, 4.69) is 198 Å². The molecule has 0 radical (unpaired) electrons. The third-order valence-electron chi connectivity index (χ3n) is 11.5. The third kappa shape index (κ3) is 5.85. The van der Waals surface area contributed by atoms with Crippen molar-refractivity contribution in [2.24, 2.45) is 0 Å². The molecular formula is C52H42N2. The second-order valence-electron chi connectivity index (χ2n) is 14.7. The maximum absolute atomic E-state index is 2.50. The van der Waals surface area contributed by atoms with Crippen LogP contribution in [0.4, 0.5) is 17.1 Å². The molecule has 54 heavy (non-hydrogen) atoms. The van der Waals surface area contributed by atoms with Crippen LogP contribution in [0.1, 0.15) is 48.4 Å². The van der Waals surface area contributed by atoms with Crippen molar-refractivity contribution in [2.45, 2.75) is 38.0 Å². The lowest BCUT2D eigenvalue weighted by Crippen LogP contribution is -2.10. The molecule has 0 bridgehead atoms. The molecule has 0 saturated heterocycles. The van der Waals surface area contributed by atoms with E-state index in [4.69, 9.17) is 0 Å². The molecule has 1 heterocycles. The average Bonchev–Trinajstić information content (AvgIpc) is 3.57. The summed E-state index contributed by atoms with van der Waals surface area (Å²) >= 11 is 0. The largest absolute Gasteiger partial charge is 0.310 e. The molecule has 7 aromatic carbocycles. The predicted molar refractivity (Wildman–Crippen MR) is 229 cm³/mol. The van der Waals surface area contributed by atoms with E-state index in [9.17, 15) is 0 Å². The van der Waals surface area contributed by atoms with Gasteiger partial charge in [0.25, 0.3) is 0 Å². The Hall–Kier alpha value is -6.38. The number of aryl methyl sites for hydroxylation is 1. The molecule has 8 aromatic rings. The second kappa shape index (κ2) is 13.9. The molecule has 2 aliphatic rings. The lowest BCUT2D eigenvalue weighted by Gasteiger charge is -2.27. The molecule has 1 aromatic heterocycles. The van der Waals surface area contributed by atoms with Crippen molar-refractivity contribution in [2.75, 3.05) is 4.90 Å². The van der Waals surface area contributed by atoms with Gasteiger partial charge in [-0.05, 0) is 137 Å². The van der Waals surface area contributed by atoms with Gasteiger partial charge in [-0.1, -0.05) is 127 Å². The zero-order valence-electron chi connectivity index (χ0n) is 30.4. The molecule has 0 N–H and O–H groups in total. The first-order valence-electron chi connectivity index (χ1n) is 19.4. The minimum absolute atomic E-state index is 0.593. The maximum Gasteiger partial charge on any atom is 0.0544 e. The van der Waals surface area contributed by atoms with Gasteiger partial charge in [-0.15, -0.1) is 0 Å². The summed E-state index contributed by atoms with van der Waals surface area (Å²) in [5.41, 5.74) is 14.9. The van der Waals surface area contributed by atoms with E-state index in [1.165, 1.54) is 72.9 Å². The summed E-state index contributed by atoms with van der Waals surface area (Å²) in [7, 11) is 0. The summed E-state index contributed by atoms with van der Waals surface area (Å²) in [6.07, 6.45) is 15.0. The Morgan fingerprint density at radius 3 is 2.04 bits per heavy atom. The number of nitrogens with zero attached hydrogens (tertiary/aromatic N) is 2. The predicted octanol–water partition coefficient (Wildman–Crippen LogP) is 14.4. The first-order chi connectivity index (χ1) is 26.8. The molecule has 10 rings (SSSR count). The number of allylic oxidation sites excluding steroid dienone is 3. The van der Waals surface area contributed by atoms with Gasteiger partial charge >= 0.3 is 0 Å². The number of benzene rings is 7. The normalized spacial score (nSPS) is 15.1. The number of fused-ring (bicyclic) bond motifs is 4. The van der Waals surface area contributed by atoms with Crippen LogP contribution in [0.15, 0.2) is 182 Å². The van der Waals surface area contributed by atoms with Gasteiger partial charge in [-0.3, -0.25) is 0 Å². The molecule has 0 spiro atoms. The van der Waals surface area contributed by atoms with Crippen LogP contribution in [-0.4, -0.2) is 4.57 Å². The minimum Gasteiger partial charge on any atom is -0.310 e. The van der Waals surface area contributed by atoms with Gasteiger partial charge in [0.2, 0.25) is 0 Å². The molecule has 1 unspecified atom stereocenters. The molecule has 0 fully saturated rings. The Bertz CT molecular complexity index is 2680. The van der Waals surface area contributed by atoms with E-state index in [1.54, 1.807) is 0 Å². The zero-order chi connectivity index (χ0) is 35.8. The van der Waals surface area contributed by atoms with Crippen LogP contribution in [0.25, 0.3) is 55.7 Å². The van der Waals surface area contributed by atoms with Crippen LogP contribution in [0.2, 0.25) is 0 Å². The number of para-hydroxylation sites is 1. The van der Waals surface area contributed by atoms with Gasteiger partial charge in [-0.2, -0.15) is 0 Å². The second-order valence-corrected chi connectivity index (χ2v) is 14.7. The Balaban J connectivity index is 1.07. The van der Waals surface area contributed by atoms with Crippen LogP contribution in [0.5, 0.6) is 0 Å². The van der Waals surface area contributed by atoms with Crippen molar-refractivity contribution in [1.82, 2.24) is 4.57 Å². The summed E-state index contributed by atoms with van der Waals surface area (Å²) in [6, 6.07) is 60.5. The molecule has 1 atom stereocenters. The molecule has 260 valence electrons. The van der Waals surface area contributed by atoms with E-state index in [0.29, 0.717) is 5.92 Å². The molecule has 0 aliphatic heterocycles. The van der Waals surface area contributed by atoms with E-state index in [-0.39, 0.29) is 0 Å². The standard InChI is InChI=1S/C52H42N2/c1-3-14-37(15-4-1)39-26-30-44(31-27-39)53(46-21-13-20-41(34-46)38-16-5-2-6-17-38)45-32-28-40(29-33-45)47-22-9-11-24-50(47)54-51-25-12-10-23-48(51)49-35-42-18-7-8-19-43(42)36-52(49)54/h1-3,5-9,11-13,16-22,24-37H,4,10,14-15,23H2.